The number of nitrogens with one attached hydrogen (secondary N) is 2. The van der Waals surface area contributed by atoms with Crippen molar-refractivity contribution < 1.29 is 29.0 Å². The van der Waals surface area contributed by atoms with Gasteiger partial charge in [-0.3, -0.25) is 19.2 Å². The van der Waals surface area contributed by atoms with Crippen LogP contribution >= 0.6 is 0 Å². The Hall–Kier alpha value is -2.16. The van der Waals surface area contributed by atoms with Crippen molar-refractivity contribution in [3.8, 4) is 0 Å². The van der Waals surface area contributed by atoms with Gasteiger partial charge in [-0.1, -0.05) is 26.2 Å². The topological polar surface area (TPSA) is 125 Å². The lowest BCUT2D eigenvalue weighted by Gasteiger charge is -2.20. The predicted molar refractivity (Wildman–Crippen MR) is 95.1 cm³/mol. The van der Waals surface area contributed by atoms with Gasteiger partial charge in [0.05, 0.1) is 13.7 Å². The molecule has 0 aromatic rings. The maximum Gasteiger partial charge on any atom is 0.305 e. The number of nitrogens with zero attached hydrogens (tertiary/aromatic N) is 1. The Morgan fingerprint density at radius 3 is 2.42 bits per heavy atom. The number of methoxy groups -OCH3 is 1. The van der Waals surface area contributed by atoms with E-state index in [4.69, 9.17) is 5.11 Å². The zero-order valence-electron chi connectivity index (χ0n) is 15.9. The average molecular weight is 373 g/mol. The number of aliphatic hydroxyl groups excluding tert-OH is 1. The normalized spacial score (nSPS) is 11.4. The van der Waals surface area contributed by atoms with Crippen molar-refractivity contribution in [1.29, 1.82) is 0 Å². The lowest BCUT2D eigenvalue weighted by Crippen LogP contribution is -2.50. The molecule has 0 saturated heterocycles. The molecule has 1 unspecified atom stereocenters. The minimum atomic E-state index is -0.898. The van der Waals surface area contributed by atoms with E-state index in [1.54, 1.807) is 0 Å². The summed E-state index contributed by atoms with van der Waals surface area (Å²) in [5.74, 6) is -2.01. The molecular weight excluding hydrogens is 342 g/mol. The van der Waals surface area contributed by atoms with Crippen molar-refractivity contribution >= 4 is 23.7 Å². The molecule has 0 aliphatic carbocycles. The van der Waals surface area contributed by atoms with E-state index < -0.39 is 30.4 Å². The molecule has 0 heterocycles. The van der Waals surface area contributed by atoms with Crippen LogP contribution in [0.3, 0.4) is 0 Å². The standard InChI is InChI=1S/C17H31N3O6/c1-4-5-6-7-10-18-17(25)13(8-9-16(24)26-3)19-14(22)11-20(2)15(23)12-21/h13,21H,4-12H2,1-3H3,(H,18,25)(H,19,22). The highest BCUT2D eigenvalue weighted by Gasteiger charge is 2.23. The minimum Gasteiger partial charge on any atom is -0.469 e. The van der Waals surface area contributed by atoms with Gasteiger partial charge in [-0.15, -0.1) is 0 Å². The molecule has 0 aromatic heterocycles. The SMILES string of the molecule is CCCCCCNC(=O)C(CCC(=O)OC)NC(=O)CN(C)C(=O)CO. The number of hydrogen-bond acceptors (Lipinski definition) is 6. The smallest absolute Gasteiger partial charge is 0.305 e. The first kappa shape index (κ1) is 23.8. The van der Waals surface area contributed by atoms with E-state index in [-0.39, 0.29) is 25.3 Å². The summed E-state index contributed by atoms with van der Waals surface area (Å²) in [7, 11) is 2.62. The van der Waals surface area contributed by atoms with E-state index >= 15 is 0 Å². The number of unbranched alkanes of at least 4 members (excludes halogenated alkanes) is 3. The van der Waals surface area contributed by atoms with E-state index in [1.165, 1.54) is 14.2 Å². The van der Waals surface area contributed by atoms with Crippen LogP contribution in [0.5, 0.6) is 0 Å². The monoisotopic (exact) mass is 373 g/mol. The minimum absolute atomic E-state index is 0.0177. The van der Waals surface area contributed by atoms with Gasteiger partial charge in [-0.05, 0) is 12.8 Å². The molecule has 0 aliphatic heterocycles. The second-order valence-electron chi connectivity index (χ2n) is 5.99. The summed E-state index contributed by atoms with van der Waals surface area (Å²) in [6, 6.07) is -0.898. The second kappa shape index (κ2) is 14.1. The maximum atomic E-state index is 12.3. The van der Waals surface area contributed by atoms with E-state index in [1.807, 2.05) is 0 Å². The van der Waals surface area contributed by atoms with Crippen molar-refractivity contribution in [2.24, 2.45) is 0 Å². The molecule has 1 atom stereocenters. The molecule has 0 aromatic carbocycles. The summed E-state index contributed by atoms with van der Waals surface area (Å²) < 4.78 is 4.56. The van der Waals surface area contributed by atoms with Gasteiger partial charge in [0.15, 0.2) is 0 Å². The third kappa shape index (κ3) is 10.7. The highest BCUT2D eigenvalue weighted by molar-refractivity contribution is 5.90. The number of carbonyl (C=O) groups excluding carboxylic acids is 4. The Labute approximate surface area is 154 Å². The molecule has 0 radical (unpaired) electrons. The Morgan fingerprint density at radius 1 is 1.15 bits per heavy atom. The highest BCUT2D eigenvalue weighted by Crippen LogP contribution is 2.02. The number of likely N-dealkylation sites (N-methyl/N-ethyl adjacent to an activating group) is 1. The molecule has 0 aliphatic rings. The Morgan fingerprint density at radius 2 is 1.85 bits per heavy atom. The first-order chi connectivity index (χ1) is 12.3. The molecule has 26 heavy (non-hydrogen) atoms. The van der Waals surface area contributed by atoms with Crippen molar-refractivity contribution in [2.75, 3.05) is 33.9 Å². The number of aliphatic hydroxyl groups is 1. The third-order valence-corrected chi connectivity index (χ3v) is 3.79. The van der Waals surface area contributed by atoms with Crippen LogP contribution in [0.2, 0.25) is 0 Å². The van der Waals surface area contributed by atoms with Crippen LogP contribution in [-0.4, -0.2) is 73.6 Å². The van der Waals surface area contributed by atoms with Crippen LogP contribution in [0.1, 0.15) is 45.4 Å². The van der Waals surface area contributed by atoms with Crippen LogP contribution in [0.4, 0.5) is 0 Å². The van der Waals surface area contributed by atoms with Gasteiger partial charge in [-0.2, -0.15) is 0 Å². The molecule has 0 saturated carbocycles. The van der Waals surface area contributed by atoms with Crippen LogP contribution in [-0.2, 0) is 23.9 Å². The molecule has 3 N–H and O–H groups in total. The molecule has 0 rings (SSSR count). The Kier molecular flexibility index (Phi) is 12.9. The largest absolute Gasteiger partial charge is 0.469 e. The first-order valence-electron chi connectivity index (χ1n) is 8.84. The maximum absolute atomic E-state index is 12.3. The third-order valence-electron chi connectivity index (χ3n) is 3.79. The summed E-state index contributed by atoms with van der Waals surface area (Å²) in [5, 5.41) is 14.1. The fourth-order valence-electron chi connectivity index (χ4n) is 2.18. The lowest BCUT2D eigenvalue weighted by molar-refractivity contribution is -0.141. The lowest BCUT2D eigenvalue weighted by atomic mass is 10.1. The summed E-state index contributed by atoms with van der Waals surface area (Å²) in [5.41, 5.74) is 0. The Bertz CT molecular complexity index is 469. The van der Waals surface area contributed by atoms with Crippen molar-refractivity contribution in [3.05, 3.63) is 0 Å². The summed E-state index contributed by atoms with van der Waals surface area (Å²) in [6.45, 7) is 1.59. The number of rotatable bonds is 13. The van der Waals surface area contributed by atoms with E-state index in [9.17, 15) is 19.2 Å². The fourth-order valence-corrected chi connectivity index (χ4v) is 2.18. The quantitative estimate of drug-likeness (QED) is 0.297. The van der Waals surface area contributed by atoms with Gasteiger partial charge in [0.25, 0.3) is 0 Å². The zero-order chi connectivity index (χ0) is 19.9. The highest BCUT2D eigenvalue weighted by atomic mass is 16.5. The van der Waals surface area contributed by atoms with Crippen molar-refractivity contribution in [3.63, 3.8) is 0 Å². The van der Waals surface area contributed by atoms with Gasteiger partial charge in [0.2, 0.25) is 17.7 Å². The van der Waals surface area contributed by atoms with Crippen LogP contribution in [0, 0.1) is 0 Å². The van der Waals surface area contributed by atoms with Crippen LogP contribution in [0.15, 0.2) is 0 Å². The van der Waals surface area contributed by atoms with Crippen molar-refractivity contribution in [2.45, 2.75) is 51.5 Å². The molecule has 150 valence electrons. The number of hydrogen-bond donors (Lipinski definition) is 3. The summed E-state index contributed by atoms with van der Waals surface area (Å²) in [4.78, 5) is 48.0. The predicted octanol–water partition coefficient (Wildman–Crippen LogP) is -0.428. The van der Waals surface area contributed by atoms with Crippen LogP contribution in [0.25, 0.3) is 0 Å². The van der Waals surface area contributed by atoms with Crippen molar-refractivity contribution in [1.82, 2.24) is 15.5 Å². The molecule has 3 amide bonds. The second-order valence-corrected chi connectivity index (χ2v) is 5.99. The molecule has 0 spiro atoms. The summed E-state index contributed by atoms with van der Waals surface area (Å²) >= 11 is 0. The molecular formula is C17H31N3O6. The van der Waals surface area contributed by atoms with Gasteiger partial charge < -0.3 is 25.4 Å². The average Bonchev–Trinajstić information content (AvgIpc) is 2.63. The van der Waals surface area contributed by atoms with E-state index in [2.05, 4.69) is 22.3 Å². The van der Waals surface area contributed by atoms with E-state index in [0.29, 0.717) is 6.54 Å². The molecule has 9 nitrogen and oxygen atoms in total. The van der Waals surface area contributed by atoms with Gasteiger partial charge in [-0.25, -0.2) is 0 Å². The molecule has 0 fully saturated rings. The van der Waals surface area contributed by atoms with E-state index in [0.717, 1.165) is 30.6 Å². The first-order valence-corrected chi connectivity index (χ1v) is 8.84. The van der Waals surface area contributed by atoms with Crippen LogP contribution < -0.4 is 10.6 Å². The number of ether oxygens (including phenoxy) is 1. The molecule has 0 bridgehead atoms. The Balaban J connectivity index is 4.61. The summed E-state index contributed by atoms with van der Waals surface area (Å²) in [6.07, 6.45) is 4.09. The fraction of sp³-hybridized carbons (Fsp3) is 0.765. The molecule has 9 heteroatoms. The zero-order valence-corrected chi connectivity index (χ0v) is 15.9. The van der Waals surface area contributed by atoms with Gasteiger partial charge in [0.1, 0.15) is 12.6 Å². The number of esters is 1. The van der Waals surface area contributed by atoms with Gasteiger partial charge in [0, 0.05) is 20.0 Å². The number of amides is 3. The number of carbonyl (C=O) groups is 4. The van der Waals surface area contributed by atoms with Gasteiger partial charge >= 0.3 is 5.97 Å².